The van der Waals surface area contributed by atoms with Crippen molar-refractivity contribution in [3.05, 3.63) is 0 Å². The molecule has 11 heteroatoms. The Morgan fingerprint density at radius 1 is 1.04 bits per heavy atom. The molecule has 11 nitrogen and oxygen atoms in total. The maximum atomic E-state index is 14.2. The molecule has 0 aromatic heterocycles. The highest BCUT2D eigenvalue weighted by molar-refractivity contribution is 6.04. The van der Waals surface area contributed by atoms with Crippen molar-refractivity contribution < 1.29 is 33.6 Å². The Balaban J connectivity index is 1.89. The maximum absolute atomic E-state index is 14.2. The molecule has 3 fully saturated rings. The lowest BCUT2D eigenvalue weighted by Crippen LogP contribution is -2.59. The van der Waals surface area contributed by atoms with Crippen LogP contribution < -0.4 is 0 Å². The summed E-state index contributed by atoms with van der Waals surface area (Å²) in [6, 6.07) is -0.194. The van der Waals surface area contributed by atoms with Crippen LogP contribution in [-0.4, -0.2) is 159 Å². The molecule has 0 aromatic rings. The first kappa shape index (κ1) is 39.3. The number of ketones is 1. The second kappa shape index (κ2) is 16.5. The van der Waals surface area contributed by atoms with Crippen LogP contribution in [0.3, 0.4) is 0 Å². The van der Waals surface area contributed by atoms with Gasteiger partial charge in [0, 0.05) is 64.9 Å². The van der Waals surface area contributed by atoms with Gasteiger partial charge in [0.15, 0.2) is 12.1 Å². The van der Waals surface area contributed by atoms with Crippen LogP contribution >= 0.6 is 0 Å². The summed E-state index contributed by atoms with van der Waals surface area (Å²) in [7, 11) is 7.60. The highest BCUT2D eigenvalue weighted by Gasteiger charge is 2.51. The smallest absolute Gasteiger partial charge is 0.319 e. The van der Waals surface area contributed by atoms with Crippen molar-refractivity contribution in [2.75, 3.05) is 80.7 Å². The molecule has 1 N–H and O–H groups in total. The summed E-state index contributed by atoms with van der Waals surface area (Å²) in [5.41, 5.74) is -2.32. The van der Waals surface area contributed by atoms with E-state index in [0.29, 0.717) is 18.8 Å². The minimum absolute atomic E-state index is 0.0248. The van der Waals surface area contributed by atoms with Gasteiger partial charge in [0.25, 0.3) is 0 Å². The number of aliphatic hydroxyl groups excluding tert-OH is 1. The molecule has 3 rings (SSSR count). The Kier molecular flexibility index (Phi) is 14.1. The van der Waals surface area contributed by atoms with E-state index in [1.54, 1.807) is 27.9 Å². The van der Waals surface area contributed by atoms with Gasteiger partial charge in [0.05, 0.1) is 23.9 Å². The highest BCUT2D eigenvalue weighted by atomic mass is 16.7. The predicted octanol–water partition coefficient (Wildman–Crippen LogP) is 2.59. The van der Waals surface area contributed by atoms with Crippen LogP contribution in [0.1, 0.15) is 68.2 Å². The molecule has 0 bridgehead atoms. The van der Waals surface area contributed by atoms with Gasteiger partial charge in [0.1, 0.15) is 18.1 Å². The van der Waals surface area contributed by atoms with Crippen LogP contribution in [0.15, 0.2) is 0 Å². The number of hydrogen-bond acceptors (Lipinski definition) is 11. The fourth-order valence-electron chi connectivity index (χ4n) is 7.75. The molecule has 0 aliphatic carbocycles. The lowest BCUT2D eigenvalue weighted by atomic mass is 9.74. The van der Waals surface area contributed by atoms with E-state index < -0.39 is 41.4 Å². The van der Waals surface area contributed by atoms with Crippen molar-refractivity contribution in [2.24, 2.45) is 23.2 Å². The summed E-state index contributed by atoms with van der Waals surface area (Å²) >= 11 is 0. The monoisotopic (exact) mass is 654 g/mol. The van der Waals surface area contributed by atoms with E-state index in [2.05, 4.69) is 42.5 Å². The van der Waals surface area contributed by atoms with Crippen LogP contribution in [0.2, 0.25) is 0 Å². The number of carbonyl (C=O) groups excluding carboxylic acids is 2. The number of ether oxygens (including phenoxy) is 4. The number of cyclic esters (lactones) is 1. The first-order valence-electron chi connectivity index (χ1n) is 17.5. The average Bonchev–Trinajstić information content (AvgIpc) is 2.98. The molecule has 3 aliphatic rings. The third-order valence-corrected chi connectivity index (χ3v) is 10.6. The molecule has 0 saturated carbocycles. The van der Waals surface area contributed by atoms with E-state index in [4.69, 9.17) is 18.9 Å². The quantitative estimate of drug-likeness (QED) is 0.309. The van der Waals surface area contributed by atoms with Gasteiger partial charge >= 0.3 is 5.97 Å². The summed E-state index contributed by atoms with van der Waals surface area (Å²) in [5, 5.41) is 11.3. The Morgan fingerprint density at radius 2 is 1.65 bits per heavy atom. The zero-order valence-corrected chi connectivity index (χ0v) is 31.0. The van der Waals surface area contributed by atoms with Gasteiger partial charge in [-0.25, -0.2) is 0 Å². The van der Waals surface area contributed by atoms with E-state index in [0.717, 1.165) is 45.8 Å². The topological polar surface area (TPSA) is 104 Å². The molecule has 3 heterocycles. The Morgan fingerprint density at radius 3 is 2.22 bits per heavy atom. The molecular formula is C35H66N4O7. The first-order valence-corrected chi connectivity index (χ1v) is 17.5. The van der Waals surface area contributed by atoms with Crippen molar-refractivity contribution in [3.63, 3.8) is 0 Å². The SMILES string of the molecule is CO[C@]1(C)C[C@@H](C)CN(C)[C@H](CN2CCN(CC(C)C)CC2)COC(=O)C(C)(C)C(=O)[C@H](C)[C@H]1O[C@@H]1O[C@H](C)C[C@H](N(C)C)[C@H]1O. The van der Waals surface area contributed by atoms with E-state index in [-0.39, 0.29) is 36.5 Å². The van der Waals surface area contributed by atoms with E-state index in [1.807, 2.05) is 32.8 Å². The van der Waals surface area contributed by atoms with Gasteiger partial charge in [-0.1, -0.05) is 27.7 Å². The molecule has 9 atom stereocenters. The number of Topliss-reactive ketones (excluding diaryl/α,β-unsaturated/α-hetero) is 1. The van der Waals surface area contributed by atoms with E-state index >= 15 is 0 Å². The van der Waals surface area contributed by atoms with Crippen LogP contribution in [0.4, 0.5) is 0 Å². The number of rotatable bonds is 8. The van der Waals surface area contributed by atoms with Crippen molar-refractivity contribution >= 4 is 11.8 Å². The molecule has 3 aliphatic heterocycles. The predicted molar refractivity (Wildman–Crippen MR) is 180 cm³/mol. The number of aliphatic hydroxyl groups is 1. The summed E-state index contributed by atoms with van der Waals surface area (Å²) in [5.74, 6) is -0.772. The third kappa shape index (κ3) is 9.71. The summed E-state index contributed by atoms with van der Waals surface area (Å²) in [4.78, 5) is 37.2. The van der Waals surface area contributed by atoms with Crippen molar-refractivity contribution in [1.82, 2.24) is 19.6 Å². The molecule has 3 saturated heterocycles. The number of hydrogen-bond donors (Lipinski definition) is 1. The van der Waals surface area contributed by atoms with E-state index in [9.17, 15) is 14.7 Å². The van der Waals surface area contributed by atoms with Gasteiger partial charge in [0.2, 0.25) is 0 Å². The zero-order valence-electron chi connectivity index (χ0n) is 31.0. The molecule has 0 aromatic carbocycles. The Hall–Kier alpha value is -1.18. The number of piperazine rings is 1. The Bertz CT molecular complexity index is 988. The lowest BCUT2D eigenvalue weighted by Gasteiger charge is -2.47. The number of nitrogens with zero attached hydrogens (tertiary/aromatic N) is 4. The van der Waals surface area contributed by atoms with Gasteiger partial charge in [-0.3, -0.25) is 19.4 Å². The second-order valence-electron chi connectivity index (χ2n) is 15.9. The standard InChI is InChI=1S/C35H66N4O7/c1-23(2)19-38-13-15-39(16-14-38)21-27-22-44-33(42)34(6,7)30(41)26(5)31(35(8,43-12)18-24(3)20-37(27)11)46-32-29(40)28(36(9)10)17-25(4)45-32/h23-29,31-32,40H,13-22H2,1-12H3/t24-,25-,26+,27-,28+,29-,31-,32+,35-/m1/s1. The molecule has 0 unspecified atom stereocenters. The maximum Gasteiger partial charge on any atom is 0.319 e. The largest absolute Gasteiger partial charge is 0.463 e. The van der Waals surface area contributed by atoms with Crippen molar-refractivity contribution in [1.29, 1.82) is 0 Å². The van der Waals surface area contributed by atoms with Crippen LogP contribution in [0.5, 0.6) is 0 Å². The summed E-state index contributed by atoms with van der Waals surface area (Å²) in [6.45, 7) is 22.6. The minimum atomic E-state index is -1.41. The van der Waals surface area contributed by atoms with Crippen LogP contribution in [0, 0.1) is 23.2 Å². The van der Waals surface area contributed by atoms with Gasteiger partial charge in [-0.2, -0.15) is 0 Å². The van der Waals surface area contributed by atoms with Crippen molar-refractivity contribution in [2.45, 2.75) is 111 Å². The van der Waals surface area contributed by atoms with Gasteiger partial charge in [-0.05, 0) is 73.5 Å². The highest BCUT2D eigenvalue weighted by Crippen LogP contribution is 2.38. The first-order chi connectivity index (χ1) is 21.4. The molecule has 0 spiro atoms. The number of likely N-dealkylation sites (N-methyl/N-ethyl adjacent to an activating group) is 2. The summed E-state index contributed by atoms with van der Waals surface area (Å²) < 4.78 is 25.0. The third-order valence-electron chi connectivity index (χ3n) is 10.6. The second-order valence-corrected chi connectivity index (χ2v) is 15.9. The average molecular weight is 655 g/mol. The summed E-state index contributed by atoms with van der Waals surface area (Å²) in [6.07, 6.45) is -1.57. The normalized spacial score (nSPS) is 38.3. The Labute approximate surface area is 279 Å². The molecule has 46 heavy (non-hydrogen) atoms. The molecule has 268 valence electrons. The number of esters is 1. The van der Waals surface area contributed by atoms with Gasteiger partial charge < -0.3 is 33.9 Å². The van der Waals surface area contributed by atoms with Crippen molar-refractivity contribution in [3.8, 4) is 0 Å². The fourth-order valence-corrected chi connectivity index (χ4v) is 7.75. The number of methoxy groups -OCH3 is 1. The lowest BCUT2D eigenvalue weighted by molar-refractivity contribution is -0.295. The molecule has 0 radical (unpaired) electrons. The zero-order chi connectivity index (χ0) is 34.6. The molecule has 0 amide bonds. The number of carbonyl (C=O) groups is 2. The van der Waals surface area contributed by atoms with Crippen LogP contribution in [-0.2, 0) is 28.5 Å². The van der Waals surface area contributed by atoms with Crippen LogP contribution in [0.25, 0.3) is 0 Å². The molecular weight excluding hydrogens is 588 g/mol. The van der Waals surface area contributed by atoms with Gasteiger partial charge in [-0.15, -0.1) is 0 Å². The fraction of sp³-hybridized carbons (Fsp3) is 0.943. The minimum Gasteiger partial charge on any atom is -0.463 e. The van der Waals surface area contributed by atoms with E-state index in [1.165, 1.54) is 0 Å².